The Hall–Kier alpha value is -0.410. The Morgan fingerprint density at radius 1 is 1.33 bits per heavy atom. The zero-order valence-corrected chi connectivity index (χ0v) is 11.1. The average Bonchev–Trinajstić information content (AvgIpc) is 2.57. The van der Waals surface area contributed by atoms with E-state index in [9.17, 15) is 0 Å². The number of thiazole rings is 1. The summed E-state index contributed by atoms with van der Waals surface area (Å²) in [5.41, 5.74) is 1.21. The number of hydrogen-bond acceptors (Lipinski definition) is 3. The fourth-order valence-corrected chi connectivity index (χ4v) is 2.84. The van der Waals surface area contributed by atoms with Gasteiger partial charge in [0.1, 0.15) is 0 Å². The third kappa shape index (κ3) is 3.58. The minimum Gasteiger partial charge on any atom is -0.309 e. The standard InChI is InChI=1S/C12H22N2S/c1-5-7-11-14-10(4)12(15-11)9(3)13-8-6-2/h9,13H,5-8H2,1-4H3. The lowest BCUT2D eigenvalue weighted by molar-refractivity contribution is 0.575. The van der Waals surface area contributed by atoms with Crippen LogP contribution in [0.15, 0.2) is 0 Å². The molecular weight excluding hydrogens is 204 g/mol. The molecule has 0 fully saturated rings. The summed E-state index contributed by atoms with van der Waals surface area (Å²) in [6.07, 6.45) is 3.49. The summed E-state index contributed by atoms with van der Waals surface area (Å²) in [4.78, 5) is 6.02. The summed E-state index contributed by atoms with van der Waals surface area (Å²) in [5.74, 6) is 0. The summed E-state index contributed by atoms with van der Waals surface area (Å²) in [6, 6.07) is 0.452. The van der Waals surface area contributed by atoms with Gasteiger partial charge in [-0.2, -0.15) is 0 Å². The van der Waals surface area contributed by atoms with Crippen molar-refractivity contribution in [1.82, 2.24) is 10.3 Å². The summed E-state index contributed by atoms with van der Waals surface area (Å²) >= 11 is 1.87. The van der Waals surface area contributed by atoms with Crippen LogP contribution < -0.4 is 5.32 Å². The Kier molecular flexibility index (Phi) is 5.26. The monoisotopic (exact) mass is 226 g/mol. The first kappa shape index (κ1) is 12.7. The van der Waals surface area contributed by atoms with Crippen molar-refractivity contribution >= 4 is 11.3 Å². The molecule has 86 valence electrons. The van der Waals surface area contributed by atoms with Gasteiger partial charge in [-0.15, -0.1) is 11.3 Å². The van der Waals surface area contributed by atoms with E-state index >= 15 is 0 Å². The van der Waals surface area contributed by atoms with Gasteiger partial charge in [0.2, 0.25) is 0 Å². The largest absolute Gasteiger partial charge is 0.309 e. The molecule has 0 aliphatic carbocycles. The quantitative estimate of drug-likeness (QED) is 0.803. The Bertz CT molecular complexity index is 294. The molecule has 0 aromatic carbocycles. The van der Waals surface area contributed by atoms with Crippen LogP contribution in [-0.2, 0) is 6.42 Å². The normalized spacial score (nSPS) is 13.1. The molecule has 0 aliphatic rings. The predicted molar refractivity (Wildman–Crippen MR) is 67.6 cm³/mol. The van der Waals surface area contributed by atoms with Gasteiger partial charge < -0.3 is 5.32 Å². The smallest absolute Gasteiger partial charge is 0.0931 e. The van der Waals surface area contributed by atoms with Crippen LogP contribution in [0, 0.1) is 6.92 Å². The molecule has 0 bridgehead atoms. The molecule has 0 saturated heterocycles. The SMILES string of the molecule is CCCNC(C)c1sc(CCC)nc1C. The van der Waals surface area contributed by atoms with Crippen molar-refractivity contribution in [2.75, 3.05) is 6.54 Å². The van der Waals surface area contributed by atoms with Gasteiger partial charge in [-0.05, 0) is 39.7 Å². The van der Waals surface area contributed by atoms with Crippen molar-refractivity contribution in [1.29, 1.82) is 0 Å². The lowest BCUT2D eigenvalue weighted by atomic mass is 10.2. The summed E-state index contributed by atoms with van der Waals surface area (Å²) in [7, 11) is 0. The van der Waals surface area contributed by atoms with Crippen LogP contribution in [0.5, 0.6) is 0 Å². The molecule has 1 unspecified atom stereocenters. The van der Waals surface area contributed by atoms with E-state index in [2.05, 4.69) is 38.0 Å². The second kappa shape index (κ2) is 6.23. The van der Waals surface area contributed by atoms with E-state index < -0.39 is 0 Å². The summed E-state index contributed by atoms with van der Waals surface area (Å²) in [5, 5.41) is 4.80. The van der Waals surface area contributed by atoms with Crippen molar-refractivity contribution in [2.45, 2.75) is 53.0 Å². The van der Waals surface area contributed by atoms with Gasteiger partial charge >= 0.3 is 0 Å². The minimum absolute atomic E-state index is 0.452. The van der Waals surface area contributed by atoms with E-state index in [1.807, 2.05) is 11.3 Å². The molecular formula is C12H22N2S. The van der Waals surface area contributed by atoms with Gasteiger partial charge in [0.25, 0.3) is 0 Å². The second-order valence-corrected chi connectivity index (χ2v) is 5.10. The highest BCUT2D eigenvalue weighted by Crippen LogP contribution is 2.25. The molecule has 1 aromatic rings. The highest BCUT2D eigenvalue weighted by molar-refractivity contribution is 7.11. The number of rotatable bonds is 6. The van der Waals surface area contributed by atoms with Crippen LogP contribution in [0.1, 0.15) is 55.2 Å². The molecule has 1 heterocycles. The van der Waals surface area contributed by atoms with Crippen LogP contribution in [0.2, 0.25) is 0 Å². The minimum atomic E-state index is 0.452. The van der Waals surface area contributed by atoms with E-state index in [1.54, 1.807) is 0 Å². The highest BCUT2D eigenvalue weighted by atomic mass is 32.1. The molecule has 1 rings (SSSR count). The summed E-state index contributed by atoms with van der Waals surface area (Å²) < 4.78 is 0. The first-order valence-electron chi connectivity index (χ1n) is 5.88. The maximum absolute atomic E-state index is 4.61. The van der Waals surface area contributed by atoms with E-state index in [4.69, 9.17) is 0 Å². The van der Waals surface area contributed by atoms with Gasteiger partial charge in [0, 0.05) is 10.9 Å². The van der Waals surface area contributed by atoms with Crippen LogP contribution in [-0.4, -0.2) is 11.5 Å². The average molecular weight is 226 g/mol. The van der Waals surface area contributed by atoms with Crippen LogP contribution in [0.25, 0.3) is 0 Å². The van der Waals surface area contributed by atoms with Crippen molar-refractivity contribution in [3.05, 3.63) is 15.6 Å². The predicted octanol–water partition coefficient (Wildman–Crippen LogP) is 3.46. The van der Waals surface area contributed by atoms with Crippen LogP contribution in [0.3, 0.4) is 0 Å². The molecule has 1 N–H and O–H groups in total. The molecule has 0 radical (unpaired) electrons. The molecule has 1 aromatic heterocycles. The highest BCUT2D eigenvalue weighted by Gasteiger charge is 2.12. The van der Waals surface area contributed by atoms with Crippen molar-refractivity contribution in [2.24, 2.45) is 0 Å². The zero-order valence-electron chi connectivity index (χ0n) is 10.3. The van der Waals surface area contributed by atoms with Gasteiger partial charge in [-0.1, -0.05) is 13.8 Å². The lowest BCUT2D eigenvalue weighted by Crippen LogP contribution is -2.18. The van der Waals surface area contributed by atoms with E-state index in [0.717, 1.165) is 13.0 Å². The maximum Gasteiger partial charge on any atom is 0.0931 e. The molecule has 0 spiro atoms. The number of nitrogens with one attached hydrogen (secondary N) is 1. The number of hydrogen-bond donors (Lipinski definition) is 1. The third-order valence-electron chi connectivity index (χ3n) is 2.43. The number of nitrogens with zero attached hydrogens (tertiary/aromatic N) is 1. The van der Waals surface area contributed by atoms with Crippen LogP contribution >= 0.6 is 11.3 Å². The first-order valence-corrected chi connectivity index (χ1v) is 6.70. The lowest BCUT2D eigenvalue weighted by Gasteiger charge is -2.11. The van der Waals surface area contributed by atoms with E-state index in [0.29, 0.717) is 6.04 Å². The van der Waals surface area contributed by atoms with Gasteiger partial charge in [0.15, 0.2) is 0 Å². The number of aryl methyl sites for hydroxylation is 2. The molecule has 2 nitrogen and oxygen atoms in total. The zero-order chi connectivity index (χ0) is 11.3. The second-order valence-electron chi connectivity index (χ2n) is 3.98. The molecule has 0 amide bonds. The van der Waals surface area contributed by atoms with Gasteiger partial charge in [-0.25, -0.2) is 4.98 Å². The fraction of sp³-hybridized carbons (Fsp3) is 0.750. The first-order chi connectivity index (χ1) is 7.19. The third-order valence-corrected chi connectivity index (χ3v) is 3.83. The molecule has 1 atom stereocenters. The molecule has 0 saturated carbocycles. The van der Waals surface area contributed by atoms with Crippen molar-refractivity contribution < 1.29 is 0 Å². The Morgan fingerprint density at radius 3 is 2.67 bits per heavy atom. The molecule has 0 aliphatic heterocycles. The Morgan fingerprint density at radius 2 is 2.07 bits per heavy atom. The fourth-order valence-electron chi connectivity index (χ4n) is 1.64. The summed E-state index contributed by atoms with van der Waals surface area (Å²) in [6.45, 7) is 9.83. The van der Waals surface area contributed by atoms with E-state index in [1.165, 1.54) is 28.4 Å². The maximum atomic E-state index is 4.61. The van der Waals surface area contributed by atoms with Gasteiger partial charge in [-0.3, -0.25) is 0 Å². The topological polar surface area (TPSA) is 24.9 Å². The van der Waals surface area contributed by atoms with Crippen LogP contribution in [0.4, 0.5) is 0 Å². The Balaban J connectivity index is 2.66. The Labute approximate surface area is 97.1 Å². The molecule has 15 heavy (non-hydrogen) atoms. The van der Waals surface area contributed by atoms with Crippen molar-refractivity contribution in [3.63, 3.8) is 0 Å². The number of aromatic nitrogens is 1. The van der Waals surface area contributed by atoms with Crippen molar-refractivity contribution in [3.8, 4) is 0 Å². The molecule has 3 heteroatoms. The van der Waals surface area contributed by atoms with Gasteiger partial charge in [0.05, 0.1) is 10.7 Å². The van der Waals surface area contributed by atoms with E-state index in [-0.39, 0.29) is 0 Å².